The molecule has 0 aromatic heterocycles. The molecule has 2 aliphatic rings. The lowest BCUT2D eigenvalue weighted by Gasteiger charge is -2.62. The number of nitrogens with zero attached hydrogens (tertiary/aromatic N) is 1. The predicted molar refractivity (Wildman–Crippen MR) is 80.3 cm³/mol. The molecule has 1 saturated carbocycles. The van der Waals surface area contributed by atoms with Crippen molar-refractivity contribution < 1.29 is 4.79 Å². The molecule has 1 heterocycles. The van der Waals surface area contributed by atoms with E-state index in [4.69, 9.17) is 0 Å². The Morgan fingerprint density at radius 2 is 2.15 bits per heavy atom. The van der Waals surface area contributed by atoms with Gasteiger partial charge >= 0.3 is 0 Å². The van der Waals surface area contributed by atoms with E-state index < -0.39 is 0 Å². The second-order valence-corrected chi connectivity index (χ2v) is 6.10. The van der Waals surface area contributed by atoms with E-state index in [2.05, 4.69) is 40.5 Å². The molecule has 20 heavy (non-hydrogen) atoms. The molecule has 3 heteroatoms. The van der Waals surface area contributed by atoms with Gasteiger partial charge in [0.05, 0.1) is 5.54 Å². The summed E-state index contributed by atoms with van der Waals surface area (Å²) in [5.41, 5.74) is 1.67. The SMILES string of the molecule is CNC(=O)CCN1CC2CCCCC21c1ccccc1. The Labute approximate surface area is 121 Å². The number of fused-ring (bicyclic) bond motifs is 1. The van der Waals surface area contributed by atoms with Gasteiger partial charge in [-0.05, 0) is 24.3 Å². The molecule has 2 fully saturated rings. The molecule has 3 rings (SSSR count). The van der Waals surface area contributed by atoms with Gasteiger partial charge in [0.1, 0.15) is 0 Å². The van der Waals surface area contributed by atoms with E-state index in [9.17, 15) is 4.79 Å². The number of likely N-dealkylation sites (tertiary alicyclic amines) is 1. The third kappa shape index (κ3) is 2.14. The number of carbonyl (C=O) groups excluding carboxylic acids is 1. The number of carbonyl (C=O) groups is 1. The van der Waals surface area contributed by atoms with Crippen molar-refractivity contribution >= 4 is 5.91 Å². The van der Waals surface area contributed by atoms with Crippen molar-refractivity contribution in [2.75, 3.05) is 20.1 Å². The first-order chi connectivity index (χ1) is 9.77. The molecule has 2 unspecified atom stereocenters. The first-order valence-corrected chi connectivity index (χ1v) is 7.78. The van der Waals surface area contributed by atoms with Crippen LogP contribution in [0.25, 0.3) is 0 Å². The normalized spacial score (nSPS) is 29.4. The first-order valence-electron chi connectivity index (χ1n) is 7.78. The third-order valence-corrected chi connectivity index (χ3v) is 5.20. The first kappa shape index (κ1) is 13.6. The van der Waals surface area contributed by atoms with E-state index in [1.54, 1.807) is 7.05 Å². The lowest BCUT2D eigenvalue weighted by Crippen LogP contribution is -2.66. The van der Waals surface area contributed by atoms with Gasteiger partial charge in [0, 0.05) is 26.6 Å². The predicted octanol–water partition coefficient (Wildman–Crippen LogP) is 2.52. The van der Waals surface area contributed by atoms with E-state index in [1.165, 1.54) is 31.2 Å². The average molecular weight is 272 g/mol. The topological polar surface area (TPSA) is 32.3 Å². The summed E-state index contributed by atoms with van der Waals surface area (Å²) in [6.45, 7) is 2.04. The van der Waals surface area contributed by atoms with Crippen molar-refractivity contribution in [2.45, 2.75) is 37.6 Å². The van der Waals surface area contributed by atoms with E-state index >= 15 is 0 Å². The number of amides is 1. The number of hydrogen-bond acceptors (Lipinski definition) is 2. The molecule has 1 aromatic carbocycles. The van der Waals surface area contributed by atoms with Crippen LogP contribution in [0.2, 0.25) is 0 Å². The van der Waals surface area contributed by atoms with Gasteiger partial charge in [0.25, 0.3) is 0 Å². The maximum atomic E-state index is 11.5. The summed E-state index contributed by atoms with van der Waals surface area (Å²) in [5, 5.41) is 2.73. The minimum atomic E-state index is 0.146. The summed E-state index contributed by atoms with van der Waals surface area (Å²) in [5.74, 6) is 0.927. The number of rotatable bonds is 4. The van der Waals surface area contributed by atoms with Crippen LogP contribution < -0.4 is 5.32 Å². The molecule has 0 bridgehead atoms. The Hall–Kier alpha value is -1.35. The molecular formula is C17H24N2O. The monoisotopic (exact) mass is 272 g/mol. The highest BCUT2D eigenvalue weighted by Gasteiger charge is 2.54. The summed E-state index contributed by atoms with van der Waals surface area (Å²) < 4.78 is 0. The highest BCUT2D eigenvalue weighted by Crippen LogP contribution is 2.53. The Bertz CT molecular complexity index is 473. The van der Waals surface area contributed by atoms with Gasteiger partial charge < -0.3 is 5.32 Å². The Balaban J connectivity index is 1.80. The van der Waals surface area contributed by atoms with Crippen molar-refractivity contribution in [3.63, 3.8) is 0 Å². The third-order valence-electron chi connectivity index (χ3n) is 5.20. The summed E-state index contributed by atoms with van der Waals surface area (Å²) in [7, 11) is 1.72. The smallest absolute Gasteiger partial charge is 0.221 e. The molecule has 0 spiro atoms. The largest absolute Gasteiger partial charge is 0.359 e. The van der Waals surface area contributed by atoms with Crippen LogP contribution >= 0.6 is 0 Å². The zero-order valence-corrected chi connectivity index (χ0v) is 12.3. The van der Waals surface area contributed by atoms with Crippen LogP contribution in [0.4, 0.5) is 0 Å². The Kier molecular flexibility index (Phi) is 3.79. The van der Waals surface area contributed by atoms with Crippen molar-refractivity contribution in [2.24, 2.45) is 5.92 Å². The zero-order valence-electron chi connectivity index (χ0n) is 12.3. The lowest BCUT2D eigenvalue weighted by molar-refractivity contribution is -0.130. The Morgan fingerprint density at radius 1 is 1.35 bits per heavy atom. The van der Waals surface area contributed by atoms with Crippen molar-refractivity contribution in [1.29, 1.82) is 0 Å². The van der Waals surface area contributed by atoms with Gasteiger partial charge in [-0.15, -0.1) is 0 Å². The van der Waals surface area contributed by atoms with Crippen molar-refractivity contribution in [3.8, 4) is 0 Å². The molecule has 2 atom stereocenters. The molecule has 0 radical (unpaired) electrons. The van der Waals surface area contributed by atoms with E-state index in [0.717, 1.165) is 19.0 Å². The second-order valence-electron chi connectivity index (χ2n) is 6.10. The molecule has 1 saturated heterocycles. The highest BCUT2D eigenvalue weighted by molar-refractivity contribution is 5.75. The highest BCUT2D eigenvalue weighted by atomic mass is 16.1. The molecular weight excluding hydrogens is 248 g/mol. The van der Waals surface area contributed by atoms with Crippen molar-refractivity contribution in [3.05, 3.63) is 35.9 Å². The Morgan fingerprint density at radius 3 is 2.85 bits per heavy atom. The summed E-state index contributed by atoms with van der Waals surface area (Å²) >= 11 is 0. The molecule has 1 aliphatic heterocycles. The maximum Gasteiger partial charge on any atom is 0.221 e. The van der Waals surface area contributed by atoms with Crippen LogP contribution in [0.5, 0.6) is 0 Å². The van der Waals surface area contributed by atoms with Crippen LogP contribution in [0, 0.1) is 5.92 Å². The summed E-state index contributed by atoms with van der Waals surface area (Å²) in [4.78, 5) is 14.1. The van der Waals surface area contributed by atoms with Crippen LogP contribution in [0.1, 0.15) is 37.7 Å². The van der Waals surface area contributed by atoms with E-state index in [1.807, 2.05) is 0 Å². The fraction of sp³-hybridized carbons (Fsp3) is 0.588. The van der Waals surface area contributed by atoms with Crippen LogP contribution in [-0.2, 0) is 10.3 Å². The molecule has 1 aliphatic carbocycles. The molecule has 1 amide bonds. The number of benzene rings is 1. The van der Waals surface area contributed by atoms with Gasteiger partial charge in [-0.2, -0.15) is 0 Å². The maximum absolute atomic E-state index is 11.5. The van der Waals surface area contributed by atoms with E-state index in [0.29, 0.717) is 6.42 Å². The second kappa shape index (κ2) is 5.57. The van der Waals surface area contributed by atoms with E-state index in [-0.39, 0.29) is 11.4 Å². The van der Waals surface area contributed by atoms with Gasteiger partial charge in [-0.3, -0.25) is 9.69 Å². The molecule has 3 nitrogen and oxygen atoms in total. The average Bonchev–Trinajstić information content (AvgIpc) is 2.49. The number of hydrogen-bond donors (Lipinski definition) is 1. The van der Waals surface area contributed by atoms with Crippen LogP contribution in [0.3, 0.4) is 0 Å². The van der Waals surface area contributed by atoms with Gasteiger partial charge in [-0.1, -0.05) is 43.2 Å². The van der Waals surface area contributed by atoms with Crippen LogP contribution in [-0.4, -0.2) is 30.9 Å². The molecule has 1 N–H and O–H groups in total. The minimum Gasteiger partial charge on any atom is -0.359 e. The van der Waals surface area contributed by atoms with Crippen LogP contribution in [0.15, 0.2) is 30.3 Å². The van der Waals surface area contributed by atoms with Gasteiger partial charge in [0.15, 0.2) is 0 Å². The minimum absolute atomic E-state index is 0.146. The zero-order chi connectivity index (χ0) is 14.0. The fourth-order valence-electron chi connectivity index (χ4n) is 4.14. The summed E-state index contributed by atoms with van der Waals surface area (Å²) in [6.07, 6.45) is 5.86. The molecule has 108 valence electrons. The number of nitrogens with one attached hydrogen (secondary N) is 1. The quantitative estimate of drug-likeness (QED) is 0.913. The van der Waals surface area contributed by atoms with Crippen molar-refractivity contribution in [1.82, 2.24) is 10.2 Å². The summed E-state index contributed by atoms with van der Waals surface area (Å²) in [6, 6.07) is 10.9. The fourth-order valence-corrected chi connectivity index (χ4v) is 4.14. The lowest BCUT2D eigenvalue weighted by atomic mass is 9.61. The van der Waals surface area contributed by atoms with Gasteiger partial charge in [0.2, 0.25) is 5.91 Å². The van der Waals surface area contributed by atoms with Gasteiger partial charge in [-0.25, -0.2) is 0 Å². The standard InChI is InChI=1S/C17H24N2O/c1-18-16(20)10-12-19-13-15-9-5-6-11-17(15,19)14-7-3-2-4-8-14/h2-4,7-8,15H,5-6,9-13H2,1H3,(H,18,20). The molecule has 1 aromatic rings.